The first-order valence-electron chi connectivity index (χ1n) is 5.71. The van der Waals surface area contributed by atoms with Crippen LogP contribution in [0.5, 0.6) is 0 Å². The van der Waals surface area contributed by atoms with E-state index in [1.165, 1.54) is 0 Å². The van der Waals surface area contributed by atoms with E-state index in [0.717, 1.165) is 5.56 Å². The number of carbonyl (C=O) groups is 1. The zero-order valence-corrected chi connectivity index (χ0v) is 10.3. The van der Waals surface area contributed by atoms with Crippen LogP contribution in [-0.4, -0.2) is 30.8 Å². The van der Waals surface area contributed by atoms with E-state index in [0.29, 0.717) is 18.6 Å². The number of hydrogen-bond acceptors (Lipinski definition) is 3. The molecule has 1 amide bonds. The fourth-order valence-electron chi connectivity index (χ4n) is 1.56. The molecular weight excluding hydrogens is 218 g/mol. The molecule has 1 aromatic carbocycles. The van der Waals surface area contributed by atoms with Crippen LogP contribution < -0.4 is 5.32 Å². The van der Waals surface area contributed by atoms with Crippen LogP contribution in [0.25, 0.3) is 0 Å². The molecule has 1 atom stereocenters. The molecule has 94 valence electrons. The summed E-state index contributed by atoms with van der Waals surface area (Å²) in [7, 11) is 1.59. The summed E-state index contributed by atoms with van der Waals surface area (Å²) in [6.07, 6.45) is 0.703. The van der Waals surface area contributed by atoms with Gasteiger partial charge in [0.15, 0.2) is 0 Å². The fourth-order valence-corrected chi connectivity index (χ4v) is 1.56. The van der Waals surface area contributed by atoms with Gasteiger partial charge in [-0.25, -0.2) is 0 Å². The Morgan fingerprint density at radius 3 is 2.76 bits per heavy atom. The Balaban J connectivity index is 2.80. The molecule has 4 nitrogen and oxygen atoms in total. The Morgan fingerprint density at radius 2 is 2.18 bits per heavy atom. The minimum absolute atomic E-state index is 0.0469. The summed E-state index contributed by atoms with van der Waals surface area (Å²) in [5, 5.41) is 11.8. The van der Waals surface area contributed by atoms with Crippen molar-refractivity contribution in [2.24, 2.45) is 0 Å². The Bertz CT molecular complexity index is 361. The van der Waals surface area contributed by atoms with Gasteiger partial charge in [0.25, 0.3) is 5.91 Å². The summed E-state index contributed by atoms with van der Waals surface area (Å²) in [4.78, 5) is 12.0. The maximum Gasteiger partial charge on any atom is 0.251 e. The van der Waals surface area contributed by atoms with Crippen LogP contribution in [0.4, 0.5) is 0 Å². The van der Waals surface area contributed by atoms with Crippen molar-refractivity contribution in [2.75, 3.05) is 13.7 Å². The smallest absolute Gasteiger partial charge is 0.251 e. The highest BCUT2D eigenvalue weighted by Crippen LogP contribution is 2.10. The number of aliphatic hydroxyl groups is 1. The zero-order valence-electron chi connectivity index (χ0n) is 10.3. The number of nitrogens with one attached hydrogen (secondary N) is 1. The second-order valence-electron chi connectivity index (χ2n) is 3.85. The van der Waals surface area contributed by atoms with Crippen molar-refractivity contribution in [3.63, 3.8) is 0 Å². The third-order valence-electron chi connectivity index (χ3n) is 2.61. The van der Waals surface area contributed by atoms with Crippen LogP contribution in [0.2, 0.25) is 0 Å². The minimum atomic E-state index is -0.196. The number of amides is 1. The van der Waals surface area contributed by atoms with Gasteiger partial charge in [0.05, 0.1) is 19.3 Å². The van der Waals surface area contributed by atoms with Gasteiger partial charge >= 0.3 is 0 Å². The first-order chi connectivity index (χ1) is 8.22. The van der Waals surface area contributed by atoms with Crippen molar-refractivity contribution in [2.45, 2.75) is 26.0 Å². The second-order valence-corrected chi connectivity index (χ2v) is 3.85. The van der Waals surface area contributed by atoms with Gasteiger partial charge < -0.3 is 15.2 Å². The third kappa shape index (κ3) is 3.84. The molecule has 17 heavy (non-hydrogen) atoms. The lowest BCUT2D eigenvalue weighted by Crippen LogP contribution is -2.37. The molecule has 0 aliphatic heterocycles. The molecule has 0 radical (unpaired) electrons. The van der Waals surface area contributed by atoms with E-state index in [4.69, 9.17) is 9.84 Å². The molecular formula is C13H19NO3. The molecule has 0 saturated carbocycles. The van der Waals surface area contributed by atoms with E-state index in [2.05, 4.69) is 5.32 Å². The number of aliphatic hydroxyl groups excluding tert-OH is 1. The van der Waals surface area contributed by atoms with Gasteiger partial charge in [0.1, 0.15) is 0 Å². The number of methoxy groups -OCH3 is 1. The van der Waals surface area contributed by atoms with Crippen LogP contribution in [0.3, 0.4) is 0 Å². The molecule has 1 rings (SSSR count). The van der Waals surface area contributed by atoms with Crippen molar-refractivity contribution >= 4 is 5.91 Å². The van der Waals surface area contributed by atoms with Gasteiger partial charge in [-0.15, -0.1) is 0 Å². The number of carbonyl (C=O) groups excluding carboxylic acids is 1. The molecule has 0 aromatic heterocycles. The number of benzene rings is 1. The lowest BCUT2D eigenvalue weighted by molar-refractivity contribution is 0.0910. The summed E-state index contributed by atoms with van der Waals surface area (Å²) < 4.78 is 5.05. The monoisotopic (exact) mass is 237 g/mol. The molecule has 0 bridgehead atoms. The molecule has 0 saturated heterocycles. The molecule has 1 aromatic rings. The molecule has 2 N–H and O–H groups in total. The van der Waals surface area contributed by atoms with Crippen molar-refractivity contribution < 1.29 is 14.6 Å². The van der Waals surface area contributed by atoms with Crippen molar-refractivity contribution in [1.82, 2.24) is 5.32 Å². The van der Waals surface area contributed by atoms with Gasteiger partial charge in [-0.1, -0.05) is 25.1 Å². The van der Waals surface area contributed by atoms with Crippen molar-refractivity contribution in [1.29, 1.82) is 0 Å². The quantitative estimate of drug-likeness (QED) is 0.784. The van der Waals surface area contributed by atoms with E-state index in [9.17, 15) is 4.79 Å². The number of hydrogen-bond donors (Lipinski definition) is 2. The number of ether oxygens (including phenoxy) is 1. The van der Waals surface area contributed by atoms with Crippen molar-refractivity contribution in [3.05, 3.63) is 35.4 Å². The maximum absolute atomic E-state index is 12.0. The van der Waals surface area contributed by atoms with E-state index >= 15 is 0 Å². The standard InChI is InChI=1S/C13H19NO3/c1-3-11(8-15)14-13(16)12-7-5-4-6-10(12)9-17-2/h4-7,11,15H,3,8-9H2,1-2H3,(H,14,16). The van der Waals surface area contributed by atoms with Crippen LogP contribution in [-0.2, 0) is 11.3 Å². The Morgan fingerprint density at radius 1 is 1.47 bits per heavy atom. The first-order valence-corrected chi connectivity index (χ1v) is 5.71. The summed E-state index contributed by atoms with van der Waals surface area (Å²) in [5.41, 5.74) is 1.45. The van der Waals surface area contributed by atoms with Crippen LogP contribution in [0.15, 0.2) is 24.3 Å². The average molecular weight is 237 g/mol. The minimum Gasteiger partial charge on any atom is -0.394 e. The predicted molar refractivity (Wildman–Crippen MR) is 65.8 cm³/mol. The summed E-state index contributed by atoms with van der Waals surface area (Å²) >= 11 is 0. The van der Waals surface area contributed by atoms with Gasteiger partial charge in [0, 0.05) is 12.7 Å². The first kappa shape index (κ1) is 13.7. The van der Waals surface area contributed by atoms with E-state index < -0.39 is 0 Å². The van der Waals surface area contributed by atoms with Gasteiger partial charge in [-0.05, 0) is 18.1 Å². The molecule has 0 aliphatic rings. The topological polar surface area (TPSA) is 58.6 Å². The largest absolute Gasteiger partial charge is 0.394 e. The third-order valence-corrected chi connectivity index (χ3v) is 2.61. The second kappa shape index (κ2) is 7.04. The highest BCUT2D eigenvalue weighted by atomic mass is 16.5. The van der Waals surface area contributed by atoms with E-state index in [1.807, 2.05) is 25.1 Å². The van der Waals surface area contributed by atoms with Crippen molar-refractivity contribution in [3.8, 4) is 0 Å². The lowest BCUT2D eigenvalue weighted by atomic mass is 10.1. The summed E-state index contributed by atoms with van der Waals surface area (Å²) in [6, 6.07) is 7.10. The predicted octanol–water partition coefficient (Wildman–Crippen LogP) is 1.33. The summed E-state index contributed by atoms with van der Waals surface area (Å²) in [6.45, 7) is 2.27. The maximum atomic E-state index is 12.0. The Kier molecular flexibility index (Phi) is 5.66. The van der Waals surface area contributed by atoms with Crippen LogP contribution >= 0.6 is 0 Å². The molecule has 1 unspecified atom stereocenters. The Labute approximate surface area is 102 Å². The van der Waals surface area contributed by atoms with Crippen LogP contribution in [0, 0.1) is 0 Å². The molecule has 4 heteroatoms. The SMILES string of the molecule is CCC(CO)NC(=O)c1ccccc1COC. The van der Waals surface area contributed by atoms with Crippen LogP contribution in [0.1, 0.15) is 29.3 Å². The van der Waals surface area contributed by atoms with E-state index in [1.54, 1.807) is 13.2 Å². The Hall–Kier alpha value is -1.39. The van der Waals surface area contributed by atoms with Gasteiger partial charge in [0.2, 0.25) is 0 Å². The molecule has 0 fully saturated rings. The molecule has 0 spiro atoms. The zero-order chi connectivity index (χ0) is 12.7. The van der Waals surface area contributed by atoms with E-state index in [-0.39, 0.29) is 18.6 Å². The average Bonchev–Trinajstić information content (AvgIpc) is 2.36. The lowest BCUT2D eigenvalue weighted by Gasteiger charge is -2.15. The molecule has 0 aliphatic carbocycles. The van der Waals surface area contributed by atoms with Gasteiger partial charge in [-0.3, -0.25) is 4.79 Å². The van der Waals surface area contributed by atoms with Gasteiger partial charge in [-0.2, -0.15) is 0 Å². The number of rotatable bonds is 6. The normalized spacial score (nSPS) is 12.2. The highest BCUT2D eigenvalue weighted by Gasteiger charge is 2.14. The fraction of sp³-hybridized carbons (Fsp3) is 0.462. The molecule has 0 heterocycles. The highest BCUT2D eigenvalue weighted by molar-refractivity contribution is 5.95. The summed E-state index contributed by atoms with van der Waals surface area (Å²) in [5.74, 6) is -0.168.